The molecule has 47 heavy (non-hydrogen) atoms. The summed E-state index contributed by atoms with van der Waals surface area (Å²) in [6, 6.07) is 26.8. The quantitative estimate of drug-likeness (QED) is 0.168. The van der Waals surface area contributed by atoms with E-state index in [1.807, 2.05) is 75.4 Å². The maximum absolute atomic E-state index is 14.6. The standard InChI is InChI=1S/C36H40BrN3O6S/c1-25(2)38-36(42)32(21-27-9-7-6-8-10-27)39(23-28-13-15-29(37)16-14-28)35(41)24-40(30-17-20-33(45-4)34(22-30)46-5)47(43,44)31-18-11-26(3)12-19-31/h6-20,22,25,32H,21,23-24H2,1-5H3,(H,38,42). The number of amides is 2. The van der Waals surface area contributed by atoms with Crippen LogP contribution in [0.5, 0.6) is 11.5 Å². The number of carbonyl (C=O) groups excluding carboxylic acids is 2. The van der Waals surface area contributed by atoms with Crippen LogP contribution in [0.2, 0.25) is 0 Å². The summed E-state index contributed by atoms with van der Waals surface area (Å²) in [6.45, 7) is 5.06. The molecular weight excluding hydrogens is 682 g/mol. The number of benzene rings is 4. The fourth-order valence-corrected chi connectivity index (χ4v) is 6.74. The van der Waals surface area contributed by atoms with Gasteiger partial charge in [0.1, 0.15) is 12.6 Å². The van der Waals surface area contributed by atoms with Crippen molar-refractivity contribution in [2.24, 2.45) is 0 Å². The molecule has 4 rings (SSSR count). The second-order valence-electron chi connectivity index (χ2n) is 11.4. The highest BCUT2D eigenvalue weighted by Crippen LogP contribution is 2.34. The number of sulfonamides is 1. The minimum atomic E-state index is -4.26. The van der Waals surface area contributed by atoms with E-state index in [-0.39, 0.29) is 35.5 Å². The zero-order valence-corrected chi connectivity index (χ0v) is 29.5. The molecule has 4 aromatic rings. The average Bonchev–Trinajstić information content (AvgIpc) is 3.05. The van der Waals surface area contributed by atoms with E-state index in [2.05, 4.69) is 21.2 Å². The van der Waals surface area contributed by atoms with E-state index >= 15 is 0 Å². The lowest BCUT2D eigenvalue weighted by molar-refractivity contribution is -0.140. The van der Waals surface area contributed by atoms with Crippen LogP contribution in [0.4, 0.5) is 5.69 Å². The molecule has 4 aromatic carbocycles. The van der Waals surface area contributed by atoms with Gasteiger partial charge >= 0.3 is 0 Å². The first-order valence-corrected chi connectivity index (χ1v) is 17.4. The van der Waals surface area contributed by atoms with Crippen molar-refractivity contribution >= 4 is 43.5 Å². The Morgan fingerprint density at radius 1 is 0.830 bits per heavy atom. The Labute approximate surface area is 285 Å². The zero-order valence-electron chi connectivity index (χ0n) is 27.1. The van der Waals surface area contributed by atoms with Crippen molar-refractivity contribution in [2.75, 3.05) is 25.1 Å². The number of hydrogen-bond donors (Lipinski definition) is 1. The van der Waals surface area contributed by atoms with Gasteiger partial charge in [-0.25, -0.2) is 8.42 Å². The van der Waals surface area contributed by atoms with Gasteiger partial charge in [-0.3, -0.25) is 13.9 Å². The molecule has 0 saturated carbocycles. The Balaban J connectivity index is 1.84. The molecule has 2 amide bonds. The van der Waals surface area contributed by atoms with Gasteiger partial charge < -0.3 is 19.7 Å². The van der Waals surface area contributed by atoms with Crippen LogP contribution in [0.3, 0.4) is 0 Å². The summed E-state index contributed by atoms with van der Waals surface area (Å²) < 4.78 is 41.4. The summed E-state index contributed by atoms with van der Waals surface area (Å²) in [4.78, 5) is 29.9. The number of halogens is 1. The highest BCUT2D eigenvalue weighted by Gasteiger charge is 2.35. The predicted octanol–water partition coefficient (Wildman–Crippen LogP) is 6.13. The molecule has 248 valence electrons. The van der Waals surface area contributed by atoms with Crippen molar-refractivity contribution in [1.29, 1.82) is 0 Å². The van der Waals surface area contributed by atoms with Crippen LogP contribution in [-0.2, 0) is 32.6 Å². The van der Waals surface area contributed by atoms with Crippen molar-refractivity contribution in [3.05, 3.63) is 118 Å². The minimum absolute atomic E-state index is 0.0172. The summed E-state index contributed by atoms with van der Waals surface area (Å²) >= 11 is 3.46. The molecule has 0 radical (unpaired) electrons. The van der Waals surface area contributed by atoms with Crippen molar-refractivity contribution < 1.29 is 27.5 Å². The first kappa shape index (κ1) is 35.5. The number of aryl methyl sites for hydroxylation is 1. The van der Waals surface area contributed by atoms with Crippen molar-refractivity contribution in [2.45, 2.75) is 50.7 Å². The number of anilines is 1. The molecule has 0 aliphatic carbocycles. The predicted molar refractivity (Wildman–Crippen MR) is 187 cm³/mol. The van der Waals surface area contributed by atoms with Gasteiger partial charge in [0.2, 0.25) is 11.8 Å². The van der Waals surface area contributed by atoms with Crippen LogP contribution in [0, 0.1) is 6.92 Å². The molecule has 0 heterocycles. The summed E-state index contributed by atoms with van der Waals surface area (Å²) in [5, 5.41) is 2.96. The third kappa shape index (κ3) is 9.14. The largest absolute Gasteiger partial charge is 0.493 e. The van der Waals surface area contributed by atoms with E-state index < -0.39 is 28.5 Å². The molecule has 1 unspecified atom stereocenters. The Bertz CT molecular complexity index is 1770. The molecule has 0 spiro atoms. The van der Waals surface area contributed by atoms with E-state index in [1.54, 1.807) is 24.3 Å². The van der Waals surface area contributed by atoms with Crippen molar-refractivity contribution in [1.82, 2.24) is 10.2 Å². The van der Waals surface area contributed by atoms with Crippen LogP contribution in [-0.4, -0.2) is 58.0 Å². The topological polar surface area (TPSA) is 105 Å². The lowest BCUT2D eigenvalue weighted by Crippen LogP contribution is -2.54. The van der Waals surface area contributed by atoms with Gasteiger partial charge in [0, 0.05) is 29.5 Å². The van der Waals surface area contributed by atoms with E-state index in [1.165, 1.54) is 37.3 Å². The van der Waals surface area contributed by atoms with Gasteiger partial charge in [-0.1, -0.05) is 76.1 Å². The number of nitrogens with zero attached hydrogens (tertiary/aromatic N) is 2. The fraction of sp³-hybridized carbons (Fsp3) is 0.278. The van der Waals surface area contributed by atoms with Gasteiger partial charge in [-0.05, 0) is 68.3 Å². The van der Waals surface area contributed by atoms with Gasteiger partial charge in [-0.15, -0.1) is 0 Å². The molecule has 1 N–H and O–H groups in total. The fourth-order valence-electron chi connectivity index (χ4n) is 5.07. The third-order valence-electron chi connectivity index (χ3n) is 7.51. The summed E-state index contributed by atoms with van der Waals surface area (Å²) in [5.74, 6) is -0.196. The smallest absolute Gasteiger partial charge is 0.264 e. The Hall–Kier alpha value is -4.35. The van der Waals surface area contributed by atoms with Gasteiger partial charge in [-0.2, -0.15) is 0 Å². The lowest BCUT2D eigenvalue weighted by Gasteiger charge is -2.34. The number of methoxy groups -OCH3 is 2. The number of hydrogen-bond acceptors (Lipinski definition) is 6. The molecule has 0 bridgehead atoms. The maximum atomic E-state index is 14.6. The number of nitrogens with one attached hydrogen (secondary N) is 1. The van der Waals surface area contributed by atoms with Gasteiger partial charge in [0.15, 0.2) is 11.5 Å². The van der Waals surface area contributed by atoms with Gasteiger partial charge in [0.05, 0.1) is 24.8 Å². The summed E-state index contributed by atoms with van der Waals surface area (Å²) in [7, 11) is -1.33. The third-order valence-corrected chi connectivity index (χ3v) is 9.83. The molecule has 0 aromatic heterocycles. The lowest BCUT2D eigenvalue weighted by atomic mass is 10.0. The van der Waals surface area contributed by atoms with E-state index in [0.717, 1.165) is 25.5 Å². The molecule has 0 aliphatic heterocycles. The zero-order chi connectivity index (χ0) is 34.1. The number of carbonyl (C=O) groups is 2. The molecular formula is C36H40BrN3O6S. The Morgan fingerprint density at radius 2 is 1.47 bits per heavy atom. The minimum Gasteiger partial charge on any atom is -0.493 e. The second-order valence-corrected chi connectivity index (χ2v) is 14.2. The van der Waals surface area contributed by atoms with Crippen LogP contribution >= 0.6 is 15.9 Å². The van der Waals surface area contributed by atoms with E-state index in [0.29, 0.717) is 11.5 Å². The van der Waals surface area contributed by atoms with Crippen molar-refractivity contribution in [3.63, 3.8) is 0 Å². The van der Waals surface area contributed by atoms with Crippen LogP contribution < -0.4 is 19.1 Å². The molecule has 1 atom stereocenters. The van der Waals surface area contributed by atoms with E-state index in [9.17, 15) is 18.0 Å². The maximum Gasteiger partial charge on any atom is 0.264 e. The molecule has 0 saturated heterocycles. The van der Waals surface area contributed by atoms with Gasteiger partial charge in [0.25, 0.3) is 10.0 Å². The monoisotopic (exact) mass is 721 g/mol. The Morgan fingerprint density at radius 3 is 2.06 bits per heavy atom. The molecule has 0 fully saturated rings. The highest BCUT2D eigenvalue weighted by atomic mass is 79.9. The SMILES string of the molecule is COc1ccc(N(CC(=O)N(Cc2ccc(Br)cc2)C(Cc2ccccc2)C(=O)NC(C)C)S(=O)(=O)c2ccc(C)cc2)cc1OC. The number of ether oxygens (including phenoxy) is 2. The average molecular weight is 723 g/mol. The highest BCUT2D eigenvalue weighted by molar-refractivity contribution is 9.10. The van der Waals surface area contributed by atoms with Crippen LogP contribution in [0.1, 0.15) is 30.5 Å². The first-order valence-electron chi connectivity index (χ1n) is 15.1. The normalized spacial score (nSPS) is 11.9. The van der Waals surface area contributed by atoms with E-state index in [4.69, 9.17) is 9.47 Å². The Kier molecular flexibility index (Phi) is 12.1. The second kappa shape index (κ2) is 16.0. The molecule has 0 aliphatic rings. The molecule has 9 nitrogen and oxygen atoms in total. The summed E-state index contributed by atoms with van der Waals surface area (Å²) in [5.41, 5.74) is 2.72. The molecule has 11 heteroatoms. The van der Waals surface area contributed by atoms with Crippen LogP contribution in [0.15, 0.2) is 106 Å². The number of rotatable bonds is 14. The van der Waals surface area contributed by atoms with Crippen LogP contribution in [0.25, 0.3) is 0 Å². The van der Waals surface area contributed by atoms with Crippen molar-refractivity contribution in [3.8, 4) is 11.5 Å². The first-order chi connectivity index (χ1) is 22.4. The summed E-state index contributed by atoms with van der Waals surface area (Å²) in [6.07, 6.45) is 0.225.